The summed E-state index contributed by atoms with van der Waals surface area (Å²) in [5.41, 5.74) is 0.872. The van der Waals surface area contributed by atoms with E-state index in [0.717, 1.165) is 26.2 Å². The molecule has 1 aliphatic rings. The zero-order valence-corrected chi connectivity index (χ0v) is 11.5. The summed E-state index contributed by atoms with van der Waals surface area (Å²) in [6.45, 7) is 3.21. The van der Waals surface area contributed by atoms with Gasteiger partial charge in [0.2, 0.25) is 10.0 Å². The van der Waals surface area contributed by atoms with Crippen molar-refractivity contribution in [2.75, 3.05) is 38.1 Å². The minimum Gasteiger partial charge on any atom is -0.368 e. The lowest BCUT2D eigenvalue weighted by Crippen LogP contribution is -2.45. The molecule has 0 aromatic heterocycles. The number of hydrogen-bond acceptors (Lipinski definition) is 5. The molecule has 0 radical (unpaired) electrons. The Bertz CT molecular complexity index is 613. The van der Waals surface area contributed by atoms with E-state index in [1.807, 2.05) is 18.0 Å². The highest BCUT2D eigenvalue weighted by molar-refractivity contribution is 7.89. The highest BCUT2D eigenvalue weighted by Gasteiger charge is 2.22. The van der Waals surface area contributed by atoms with Crippen molar-refractivity contribution < 1.29 is 8.42 Å². The van der Waals surface area contributed by atoms with Gasteiger partial charge in [0.05, 0.1) is 17.3 Å². The van der Waals surface area contributed by atoms with Gasteiger partial charge in [0.15, 0.2) is 0 Å². The summed E-state index contributed by atoms with van der Waals surface area (Å²) in [4.78, 5) is 4.19. The van der Waals surface area contributed by atoms with Gasteiger partial charge in [0, 0.05) is 26.2 Å². The van der Waals surface area contributed by atoms with Crippen LogP contribution in [0.2, 0.25) is 0 Å². The van der Waals surface area contributed by atoms with E-state index >= 15 is 0 Å². The Labute approximate surface area is 113 Å². The fraction of sp³-hybridized carbons (Fsp3) is 0.417. The molecule has 1 saturated heterocycles. The van der Waals surface area contributed by atoms with E-state index in [-0.39, 0.29) is 4.90 Å². The van der Waals surface area contributed by atoms with Crippen LogP contribution in [0.4, 0.5) is 5.69 Å². The number of piperazine rings is 1. The van der Waals surface area contributed by atoms with Crippen LogP contribution in [-0.4, -0.2) is 46.5 Å². The summed E-state index contributed by atoms with van der Waals surface area (Å²) in [5.74, 6) is 0. The van der Waals surface area contributed by atoms with Gasteiger partial charge in [0.25, 0.3) is 0 Å². The van der Waals surface area contributed by atoms with Crippen molar-refractivity contribution in [1.82, 2.24) is 4.90 Å². The van der Waals surface area contributed by atoms with E-state index < -0.39 is 10.0 Å². The van der Waals surface area contributed by atoms with Crippen LogP contribution >= 0.6 is 0 Å². The van der Waals surface area contributed by atoms with Crippen LogP contribution in [0, 0.1) is 11.3 Å². The van der Waals surface area contributed by atoms with Gasteiger partial charge in [-0.2, -0.15) is 5.26 Å². The predicted molar refractivity (Wildman–Crippen MR) is 72.2 cm³/mol. The monoisotopic (exact) mass is 280 g/mol. The molecule has 1 fully saturated rings. The summed E-state index contributed by atoms with van der Waals surface area (Å²) in [6, 6.07) is 6.54. The molecule has 0 saturated carbocycles. The second-order valence-corrected chi connectivity index (χ2v) is 6.16. The summed E-state index contributed by atoms with van der Waals surface area (Å²) in [6.07, 6.45) is 0. The number of primary sulfonamides is 1. The molecule has 0 unspecified atom stereocenters. The minimum atomic E-state index is -3.84. The molecule has 19 heavy (non-hydrogen) atoms. The van der Waals surface area contributed by atoms with Gasteiger partial charge < -0.3 is 9.80 Å². The van der Waals surface area contributed by atoms with Crippen molar-refractivity contribution in [3.8, 4) is 6.07 Å². The van der Waals surface area contributed by atoms with Gasteiger partial charge in [-0.25, -0.2) is 13.6 Å². The van der Waals surface area contributed by atoms with Crippen LogP contribution in [-0.2, 0) is 10.0 Å². The molecule has 2 N–H and O–H groups in total. The van der Waals surface area contributed by atoms with Crippen molar-refractivity contribution in [1.29, 1.82) is 5.26 Å². The van der Waals surface area contributed by atoms with Crippen molar-refractivity contribution >= 4 is 15.7 Å². The molecule has 0 bridgehead atoms. The smallest absolute Gasteiger partial charge is 0.240 e. The fourth-order valence-corrected chi connectivity index (χ4v) is 2.90. The zero-order valence-electron chi connectivity index (χ0n) is 10.7. The first-order chi connectivity index (χ1) is 8.91. The molecule has 1 aromatic rings. The number of nitrogens with zero attached hydrogens (tertiary/aromatic N) is 3. The number of rotatable bonds is 2. The molecule has 0 atom stereocenters. The van der Waals surface area contributed by atoms with E-state index in [1.54, 1.807) is 12.1 Å². The Morgan fingerprint density at radius 2 is 1.89 bits per heavy atom. The molecule has 0 spiro atoms. The number of nitriles is 1. The predicted octanol–water partition coefficient (Wildman–Crippen LogP) is -0.0425. The standard InChI is InChI=1S/C12H16N4O2S/c1-15-4-6-16(7-5-15)11-3-2-10(9-13)8-12(11)19(14,17)18/h2-3,8H,4-7H2,1H3,(H2,14,17,18). The maximum atomic E-state index is 11.7. The van der Waals surface area contributed by atoms with Gasteiger partial charge in [-0.15, -0.1) is 0 Å². The summed E-state index contributed by atoms with van der Waals surface area (Å²) < 4.78 is 23.3. The summed E-state index contributed by atoms with van der Waals surface area (Å²) in [7, 11) is -1.81. The van der Waals surface area contributed by atoms with Crippen LogP contribution in [0.1, 0.15) is 5.56 Å². The lowest BCUT2D eigenvalue weighted by Gasteiger charge is -2.34. The molecule has 0 aliphatic carbocycles. The Morgan fingerprint density at radius 3 is 2.42 bits per heavy atom. The Kier molecular flexibility index (Phi) is 3.75. The second-order valence-electron chi connectivity index (χ2n) is 4.63. The van der Waals surface area contributed by atoms with Crippen LogP contribution < -0.4 is 10.0 Å². The van der Waals surface area contributed by atoms with Gasteiger partial charge in [-0.05, 0) is 25.2 Å². The molecule has 2 rings (SSSR count). The summed E-state index contributed by atoms with van der Waals surface area (Å²) in [5, 5.41) is 14.1. The first-order valence-electron chi connectivity index (χ1n) is 5.92. The molecule has 1 aliphatic heterocycles. The van der Waals surface area contributed by atoms with Gasteiger partial charge in [0.1, 0.15) is 4.90 Å². The molecular formula is C12H16N4O2S. The molecule has 6 nitrogen and oxygen atoms in total. The Balaban J connectivity index is 2.43. The van der Waals surface area contributed by atoms with E-state index in [1.165, 1.54) is 6.07 Å². The number of likely N-dealkylation sites (N-methyl/N-ethyl adjacent to an activating group) is 1. The van der Waals surface area contributed by atoms with Crippen LogP contribution in [0.3, 0.4) is 0 Å². The molecule has 102 valence electrons. The third-order valence-corrected chi connectivity index (χ3v) is 4.18. The summed E-state index contributed by atoms with van der Waals surface area (Å²) >= 11 is 0. The van der Waals surface area contributed by atoms with Crippen molar-refractivity contribution in [2.45, 2.75) is 4.90 Å². The van der Waals surface area contributed by atoms with E-state index in [0.29, 0.717) is 11.3 Å². The van der Waals surface area contributed by atoms with Gasteiger partial charge in [-0.1, -0.05) is 0 Å². The van der Waals surface area contributed by atoms with Crippen LogP contribution in [0.5, 0.6) is 0 Å². The lowest BCUT2D eigenvalue weighted by atomic mass is 10.2. The Hall–Kier alpha value is -1.62. The number of nitrogens with two attached hydrogens (primary N) is 1. The molecule has 1 heterocycles. The molecule has 0 amide bonds. The van der Waals surface area contributed by atoms with Crippen LogP contribution in [0.25, 0.3) is 0 Å². The van der Waals surface area contributed by atoms with Crippen molar-refractivity contribution in [2.24, 2.45) is 5.14 Å². The minimum absolute atomic E-state index is 0.0242. The topological polar surface area (TPSA) is 90.4 Å². The van der Waals surface area contributed by atoms with Crippen molar-refractivity contribution in [3.63, 3.8) is 0 Å². The van der Waals surface area contributed by atoms with E-state index in [2.05, 4.69) is 4.90 Å². The Morgan fingerprint density at radius 1 is 1.26 bits per heavy atom. The maximum absolute atomic E-state index is 11.7. The SMILES string of the molecule is CN1CCN(c2ccc(C#N)cc2S(N)(=O)=O)CC1. The number of sulfonamides is 1. The fourth-order valence-electron chi connectivity index (χ4n) is 2.12. The first kappa shape index (κ1) is 13.8. The largest absolute Gasteiger partial charge is 0.368 e. The first-order valence-corrected chi connectivity index (χ1v) is 7.47. The highest BCUT2D eigenvalue weighted by atomic mass is 32.2. The number of anilines is 1. The average Bonchev–Trinajstić information content (AvgIpc) is 2.38. The highest BCUT2D eigenvalue weighted by Crippen LogP contribution is 2.26. The van der Waals surface area contributed by atoms with E-state index in [4.69, 9.17) is 10.4 Å². The third-order valence-electron chi connectivity index (χ3n) is 3.24. The maximum Gasteiger partial charge on any atom is 0.240 e. The van der Waals surface area contributed by atoms with Crippen molar-refractivity contribution in [3.05, 3.63) is 23.8 Å². The molecule has 7 heteroatoms. The zero-order chi connectivity index (χ0) is 14.0. The van der Waals surface area contributed by atoms with Gasteiger partial charge >= 0.3 is 0 Å². The third kappa shape index (κ3) is 3.04. The normalized spacial score (nSPS) is 17.2. The molecule has 1 aromatic carbocycles. The van der Waals surface area contributed by atoms with E-state index in [9.17, 15) is 8.42 Å². The van der Waals surface area contributed by atoms with Crippen LogP contribution in [0.15, 0.2) is 23.1 Å². The second kappa shape index (κ2) is 5.17. The quantitative estimate of drug-likeness (QED) is 0.820. The van der Waals surface area contributed by atoms with Gasteiger partial charge in [-0.3, -0.25) is 0 Å². The molecular weight excluding hydrogens is 264 g/mol. The lowest BCUT2D eigenvalue weighted by molar-refractivity contribution is 0.312. The average molecular weight is 280 g/mol. The number of hydrogen-bond donors (Lipinski definition) is 1. The number of benzene rings is 1.